The van der Waals surface area contributed by atoms with E-state index in [0.717, 1.165) is 24.5 Å². The molecule has 3 aromatic rings. The molecule has 0 spiro atoms. The van der Waals surface area contributed by atoms with Crippen molar-refractivity contribution in [1.29, 1.82) is 0 Å². The van der Waals surface area contributed by atoms with Gasteiger partial charge in [-0.2, -0.15) is 0 Å². The van der Waals surface area contributed by atoms with Gasteiger partial charge in [0.05, 0.1) is 23.4 Å². The van der Waals surface area contributed by atoms with Gasteiger partial charge in [0.2, 0.25) is 0 Å². The second-order valence-electron chi connectivity index (χ2n) is 6.66. The summed E-state index contributed by atoms with van der Waals surface area (Å²) in [5.74, 6) is 0.00520. The maximum Gasteiger partial charge on any atom is 0.340 e. The molecule has 0 radical (unpaired) electrons. The van der Waals surface area contributed by atoms with Gasteiger partial charge < -0.3 is 15.0 Å². The van der Waals surface area contributed by atoms with E-state index < -0.39 is 5.97 Å². The molecule has 1 aliphatic heterocycles. The third-order valence-corrected chi connectivity index (χ3v) is 4.84. The van der Waals surface area contributed by atoms with Gasteiger partial charge in [0.25, 0.3) is 5.91 Å². The number of hydrogen-bond acceptors (Lipinski definition) is 5. The summed E-state index contributed by atoms with van der Waals surface area (Å²) < 4.78 is 5.05. The predicted molar refractivity (Wildman–Crippen MR) is 112 cm³/mol. The van der Waals surface area contributed by atoms with Crippen molar-refractivity contribution in [2.24, 2.45) is 0 Å². The highest BCUT2D eigenvalue weighted by molar-refractivity contribution is 6.07. The number of fused-ring (bicyclic) bond motifs is 1. The van der Waals surface area contributed by atoms with Crippen LogP contribution in [0.3, 0.4) is 0 Å². The molecular formula is C23H21N3O3. The number of hydrogen-bond donors (Lipinski definition) is 1. The number of amides is 1. The molecule has 1 N–H and O–H groups in total. The molecule has 1 amide bonds. The lowest BCUT2D eigenvalue weighted by Gasteiger charge is -2.18. The van der Waals surface area contributed by atoms with Crippen molar-refractivity contribution < 1.29 is 14.3 Å². The molecule has 0 atom stereocenters. The Balaban J connectivity index is 1.51. The van der Waals surface area contributed by atoms with Crippen LogP contribution in [0.25, 0.3) is 0 Å². The molecule has 0 saturated carbocycles. The highest BCUT2D eigenvalue weighted by atomic mass is 16.5. The first-order chi connectivity index (χ1) is 14.2. The van der Waals surface area contributed by atoms with E-state index in [2.05, 4.69) is 27.3 Å². The Kier molecular flexibility index (Phi) is 5.24. The zero-order valence-corrected chi connectivity index (χ0v) is 16.1. The molecule has 1 aliphatic rings. The summed E-state index contributed by atoms with van der Waals surface area (Å²) >= 11 is 0. The lowest BCUT2D eigenvalue weighted by atomic mass is 10.1. The van der Waals surface area contributed by atoms with Crippen LogP contribution >= 0.6 is 0 Å². The van der Waals surface area contributed by atoms with Crippen molar-refractivity contribution in [2.45, 2.75) is 13.3 Å². The van der Waals surface area contributed by atoms with Crippen LogP contribution in [-0.4, -0.2) is 30.0 Å². The number of pyridine rings is 1. The third kappa shape index (κ3) is 3.82. The van der Waals surface area contributed by atoms with Crippen LogP contribution in [0.15, 0.2) is 66.9 Å². The van der Waals surface area contributed by atoms with Crippen LogP contribution in [0.4, 0.5) is 17.2 Å². The van der Waals surface area contributed by atoms with Crippen LogP contribution < -0.4 is 10.2 Å². The molecule has 4 rings (SSSR count). The van der Waals surface area contributed by atoms with Gasteiger partial charge in [-0.1, -0.05) is 30.3 Å². The van der Waals surface area contributed by atoms with Crippen molar-refractivity contribution in [1.82, 2.24) is 4.98 Å². The maximum atomic E-state index is 12.7. The molecule has 1 aromatic heterocycles. The van der Waals surface area contributed by atoms with Crippen LogP contribution in [0.1, 0.15) is 33.2 Å². The van der Waals surface area contributed by atoms with Crippen LogP contribution in [0, 0.1) is 0 Å². The fourth-order valence-electron chi connectivity index (χ4n) is 3.43. The fraction of sp³-hybridized carbons (Fsp3) is 0.174. The number of anilines is 3. The average Bonchev–Trinajstić information content (AvgIpc) is 3.18. The first kappa shape index (κ1) is 18.7. The summed E-state index contributed by atoms with van der Waals surface area (Å²) in [5, 5.41) is 2.78. The minimum atomic E-state index is -0.468. The minimum Gasteiger partial charge on any atom is -0.462 e. The smallest absolute Gasteiger partial charge is 0.340 e. The molecule has 0 aliphatic carbocycles. The standard InChI is InChI=1S/C23H21N3O3/c1-2-29-23(28)18-8-4-5-9-19(18)25-22(27)17-11-12-21(24-15-17)26-14-13-16-7-3-6-10-20(16)26/h3-12,15H,2,13-14H2,1H3,(H,25,27). The molecule has 6 heteroatoms. The van der Waals surface area contributed by atoms with Crippen LogP contribution in [0.5, 0.6) is 0 Å². The molecule has 2 aromatic carbocycles. The lowest BCUT2D eigenvalue weighted by Crippen LogP contribution is -2.17. The number of ether oxygens (including phenoxy) is 1. The molecule has 29 heavy (non-hydrogen) atoms. The molecule has 0 bridgehead atoms. The Morgan fingerprint density at radius 3 is 2.66 bits per heavy atom. The topological polar surface area (TPSA) is 71.5 Å². The number of nitrogens with one attached hydrogen (secondary N) is 1. The van der Waals surface area contributed by atoms with E-state index >= 15 is 0 Å². The van der Waals surface area contributed by atoms with Crippen LogP contribution in [0.2, 0.25) is 0 Å². The molecule has 146 valence electrons. The van der Waals surface area contributed by atoms with Gasteiger partial charge in [-0.15, -0.1) is 0 Å². The van der Waals surface area contributed by atoms with Crippen LogP contribution in [-0.2, 0) is 11.2 Å². The highest BCUT2D eigenvalue weighted by Gasteiger charge is 2.21. The number of rotatable bonds is 5. The van der Waals surface area contributed by atoms with E-state index in [1.807, 2.05) is 18.2 Å². The van der Waals surface area contributed by atoms with Gasteiger partial charge in [0.15, 0.2) is 0 Å². The predicted octanol–water partition coefficient (Wildman–Crippen LogP) is 4.20. The van der Waals surface area contributed by atoms with Gasteiger partial charge in [-0.05, 0) is 49.2 Å². The van der Waals surface area contributed by atoms with Gasteiger partial charge >= 0.3 is 5.97 Å². The van der Waals surface area contributed by atoms with E-state index in [9.17, 15) is 9.59 Å². The van der Waals surface area contributed by atoms with Crippen molar-refractivity contribution in [3.63, 3.8) is 0 Å². The second kappa shape index (κ2) is 8.14. The molecule has 0 unspecified atom stereocenters. The number of benzene rings is 2. The van der Waals surface area contributed by atoms with Crippen molar-refractivity contribution in [3.8, 4) is 0 Å². The largest absolute Gasteiger partial charge is 0.462 e. The van der Waals surface area contributed by atoms with E-state index in [1.54, 1.807) is 43.5 Å². The minimum absolute atomic E-state index is 0.270. The van der Waals surface area contributed by atoms with Gasteiger partial charge in [0.1, 0.15) is 5.82 Å². The summed E-state index contributed by atoms with van der Waals surface area (Å²) in [6.07, 6.45) is 2.53. The lowest BCUT2D eigenvalue weighted by molar-refractivity contribution is 0.0527. The summed E-state index contributed by atoms with van der Waals surface area (Å²) in [7, 11) is 0. The van der Waals surface area contributed by atoms with E-state index in [4.69, 9.17) is 4.74 Å². The zero-order chi connectivity index (χ0) is 20.2. The Hall–Kier alpha value is -3.67. The second-order valence-corrected chi connectivity index (χ2v) is 6.66. The monoisotopic (exact) mass is 387 g/mol. The first-order valence-electron chi connectivity index (χ1n) is 9.56. The number of esters is 1. The maximum absolute atomic E-state index is 12.7. The van der Waals surface area contributed by atoms with Crippen molar-refractivity contribution in [3.05, 3.63) is 83.6 Å². The molecule has 6 nitrogen and oxygen atoms in total. The normalized spacial score (nSPS) is 12.4. The Morgan fingerprint density at radius 2 is 1.86 bits per heavy atom. The van der Waals surface area contributed by atoms with Gasteiger partial charge in [-0.3, -0.25) is 4.79 Å². The summed E-state index contributed by atoms with van der Waals surface area (Å²) in [5.41, 5.74) is 3.60. The van der Waals surface area contributed by atoms with E-state index in [1.165, 1.54) is 5.56 Å². The molecule has 0 fully saturated rings. The number of carbonyl (C=O) groups is 2. The zero-order valence-electron chi connectivity index (χ0n) is 16.1. The van der Waals surface area contributed by atoms with E-state index in [0.29, 0.717) is 16.8 Å². The van der Waals surface area contributed by atoms with Crippen molar-refractivity contribution in [2.75, 3.05) is 23.4 Å². The Bertz CT molecular complexity index is 1050. The number of aromatic nitrogens is 1. The summed E-state index contributed by atoms with van der Waals surface area (Å²) in [6, 6.07) is 18.6. The number of nitrogens with zero attached hydrogens (tertiary/aromatic N) is 2. The summed E-state index contributed by atoms with van der Waals surface area (Å²) in [4.78, 5) is 31.4. The van der Waals surface area contributed by atoms with Gasteiger partial charge in [-0.25, -0.2) is 9.78 Å². The fourth-order valence-corrected chi connectivity index (χ4v) is 3.43. The number of para-hydroxylation sites is 2. The first-order valence-corrected chi connectivity index (χ1v) is 9.56. The van der Waals surface area contributed by atoms with E-state index in [-0.39, 0.29) is 12.5 Å². The Morgan fingerprint density at radius 1 is 1.07 bits per heavy atom. The Labute approximate surface area is 169 Å². The summed E-state index contributed by atoms with van der Waals surface area (Å²) in [6.45, 7) is 2.88. The molecule has 0 saturated heterocycles. The molecule has 2 heterocycles. The van der Waals surface area contributed by atoms with Crippen molar-refractivity contribution >= 4 is 29.1 Å². The average molecular weight is 387 g/mol. The quantitative estimate of drug-likeness (QED) is 0.664. The number of carbonyl (C=O) groups excluding carboxylic acids is 2. The highest BCUT2D eigenvalue weighted by Crippen LogP contribution is 2.33. The third-order valence-electron chi connectivity index (χ3n) is 4.84. The SMILES string of the molecule is CCOC(=O)c1ccccc1NC(=O)c1ccc(N2CCc3ccccc32)nc1. The molecular weight excluding hydrogens is 366 g/mol. The van der Waals surface area contributed by atoms with Gasteiger partial charge in [0, 0.05) is 18.4 Å².